The number of ketones is 1. The van der Waals surface area contributed by atoms with E-state index in [4.69, 9.17) is 18.6 Å². The minimum Gasteiger partial charge on any atom is -0.497 e. The summed E-state index contributed by atoms with van der Waals surface area (Å²) in [5.74, 6) is -0.763. The molecule has 35 heavy (non-hydrogen) atoms. The number of aliphatic carboxylic acids is 1. The molecule has 8 heteroatoms. The smallest absolute Gasteiger partial charge is 0.305 e. The van der Waals surface area contributed by atoms with Crippen LogP contribution in [0.15, 0.2) is 24.3 Å². The molecule has 0 aliphatic carbocycles. The minimum atomic E-state index is -2.32. The molecule has 7 nitrogen and oxygen atoms in total. The number of carboxylic acid groups (broad SMARTS) is 1. The molecule has 0 unspecified atom stereocenters. The van der Waals surface area contributed by atoms with Crippen molar-refractivity contribution in [2.24, 2.45) is 17.3 Å². The van der Waals surface area contributed by atoms with Gasteiger partial charge in [0.2, 0.25) is 0 Å². The molecule has 0 aromatic heterocycles. The topological polar surface area (TPSA) is 91.3 Å². The summed E-state index contributed by atoms with van der Waals surface area (Å²) in [5, 5.41) is 9.52. The average Bonchev–Trinajstić information content (AvgIpc) is 2.76. The van der Waals surface area contributed by atoms with Gasteiger partial charge in [-0.15, -0.1) is 0 Å². The Hall–Kier alpha value is -1.74. The lowest BCUT2D eigenvalue weighted by atomic mass is 9.73. The molecule has 5 atom stereocenters. The third-order valence-electron chi connectivity index (χ3n) is 7.69. The molecule has 1 aromatic carbocycles. The van der Waals surface area contributed by atoms with E-state index in [0.29, 0.717) is 6.61 Å². The zero-order chi connectivity index (χ0) is 26.8. The summed E-state index contributed by atoms with van der Waals surface area (Å²) >= 11 is 0. The van der Waals surface area contributed by atoms with E-state index in [1.807, 2.05) is 38.1 Å². The molecule has 1 aliphatic heterocycles. The van der Waals surface area contributed by atoms with Crippen LogP contribution in [0, 0.1) is 17.3 Å². The fraction of sp³-hybridized carbons (Fsp3) is 0.704. The molecular weight excluding hydrogens is 464 g/mol. The number of rotatable bonds is 10. The van der Waals surface area contributed by atoms with Crippen LogP contribution >= 0.6 is 0 Å². The van der Waals surface area contributed by atoms with Gasteiger partial charge in [-0.2, -0.15) is 0 Å². The summed E-state index contributed by atoms with van der Waals surface area (Å²) in [6, 6.07) is 7.48. The number of carbonyl (C=O) groups excluding carboxylic acids is 1. The highest BCUT2D eigenvalue weighted by Gasteiger charge is 2.49. The number of hydrogen-bond donors (Lipinski definition) is 1. The van der Waals surface area contributed by atoms with Gasteiger partial charge in [0.25, 0.3) is 0 Å². The maximum Gasteiger partial charge on any atom is 0.305 e. The SMILES string of the molecule is COc1ccc([C@H]2OC[C@H](C)[C@@H]([C@@H](C)C(=O)C(C)(C)[C@H](CC(=O)O)O[Si](C)(C)C(C)(C)C)O2)cc1. The molecule has 1 heterocycles. The predicted octanol–water partition coefficient (Wildman–Crippen LogP) is 5.84. The van der Waals surface area contributed by atoms with E-state index in [-0.39, 0.29) is 29.3 Å². The average molecular weight is 509 g/mol. The summed E-state index contributed by atoms with van der Waals surface area (Å²) in [6.45, 7) is 18.4. The molecular formula is C27H44O7Si. The van der Waals surface area contributed by atoms with Gasteiger partial charge in [-0.1, -0.05) is 60.6 Å². The summed E-state index contributed by atoms with van der Waals surface area (Å²) in [7, 11) is -0.705. The van der Waals surface area contributed by atoms with Crippen molar-refractivity contribution in [3.05, 3.63) is 29.8 Å². The highest BCUT2D eigenvalue weighted by Crippen LogP contribution is 2.43. The van der Waals surface area contributed by atoms with Crippen molar-refractivity contribution in [3.8, 4) is 5.75 Å². The zero-order valence-corrected chi connectivity index (χ0v) is 24.0. The van der Waals surface area contributed by atoms with Gasteiger partial charge in [0.1, 0.15) is 11.5 Å². The van der Waals surface area contributed by atoms with Gasteiger partial charge in [0.15, 0.2) is 14.6 Å². The Morgan fingerprint density at radius 1 is 1.14 bits per heavy atom. The van der Waals surface area contributed by atoms with Crippen LogP contribution in [0.5, 0.6) is 5.75 Å². The van der Waals surface area contributed by atoms with Crippen molar-refractivity contribution >= 4 is 20.1 Å². The van der Waals surface area contributed by atoms with Crippen LogP contribution in [0.25, 0.3) is 0 Å². The number of methoxy groups -OCH3 is 1. The predicted molar refractivity (Wildman–Crippen MR) is 138 cm³/mol. The lowest BCUT2D eigenvalue weighted by molar-refractivity contribution is -0.248. The molecule has 1 fully saturated rings. The summed E-state index contributed by atoms with van der Waals surface area (Å²) in [6.07, 6.45) is -1.92. The standard InChI is InChI=1S/C27H44O7Si/c1-17-16-32-25(19-11-13-20(31-8)14-12-19)33-23(17)18(2)24(30)27(6,7)21(15-22(28)29)34-35(9,10)26(3,4)5/h11-14,17-18,21,23,25H,15-16H2,1-10H3,(H,28,29)/t17-,18+,21-,23-,25-/m0/s1. The van der Waals surface area contributed by atoms with Crippen molar-refractivity contribution in [2.75, 3.05) is 13.7 Å². The van der Waals surface area contributed by atoms with Crippen LogP contribution in [-0.2, 0) is 23.5 Å². The molecule has 0 radical (unpaired) electrons. The second kappa shape index (κ2) is 11.1. The normalized spacial score (nSPS) is 23.4. The Morgan fingerprint density at radius 2 is 1.71 bits per heavy atom. The third kappa shape index (κ3) is 6.93. The van der Waals surface area contributed by atoms with E-state index in [2.05, 4.69) is 33.9 Å². The van der Waals surface area contributed by atoms with Crippen molar-refractivity contribution < 1.29 is 33.3 Å². The van der Waals surface area contributed by atoms with Crippen LogP contribution < -0.4 is 4.74 Å². The summed E-state index contributed by atoms with van der Waals surface area (Å²) in [5.41, 5.74) is -0.156. The second-order valence-corrected chi connectivity index (χ2v) is 16.6. The van der Waals surface area contributed by atoms with Crippen molar-refractivity contribution in [2.45, 2.75) is 91.5 Å². The van der Waals surface area contributed by atoms with E-state index in [0.717, 1.165) is 11.3 Å². The van der Waals surface area contributed by atoms with Gasteiger partial charge >= 0.3 is 5.97 Å². The fourth-order valence-corrected chi connectivity index (χ4v) is 5.67. The summed E-state index contributed by atoms with van der Waals surface area (Å²) in [4.78, 5) is 25.7. The molecule has 0 saturated carbocycles. The maximum absolute atomic E-state index is 13.9. The lowest BCUT2D eigenvalue weighted by Gasteiger charge is -2.45. The first-order valence-electron chi connectivity index (χ1n) is 12.4. The van der Waals surface area contributed by atoms with Crippen LogP contribution in [-0.4, -0.2) is 51.1 Å². The lowest BCUT2D eigenvalue weighted by Crippen LogP contribution is -2.53. The number of ether oxygens (including phenoxy) is 3. The molecule has 0 bridgehead atoms. The van der Waals surface area contributed by atoms with Crippen molar-refractivity contribution in [1.29, 1.82) is 0 Å². The molecule has 1 aliphatic rings. The molecule has 1 saturated heterocycles. The van der Waals surface area contributed by atoms with Crippen LogP contribution in [0.3, 0.4) is 0 Å². The fourth-order valence-electron chi connectivity index (χ4n) is 4.23. The molecule has 1 N–H and O–H groups in total. The third-order valence-corrected chi connectivity index (χ3v) is 12.2. The number of hydrogen-bond acceptors (Lipinski definition) is 6. The quantitative estimate of drug-likeness (QED) is 0.397. The molecule has 1 aromatic rings. The first-order chi connectivity index (χ1) is 16.0. The van der Waals surface area contributed by atoms with E-state index in [1.165, 1.54) is 0 Å². The maximum atomic E-state index is 13.9. The Kier molecular flexibility index (Phi) is 9.36. The molecule has 2 rings (SSSR count). The number of benzene rings is 1. The Morgan fingerprint density at radius 3 is 2.20 bits per heavy atom. The number of carbonyl (C=O) groups is 2. The Labute approximate surface area is 211 Å². The Balaban J connectivity index is 2.27. The van der Waals surface area contributed by atoms with Crippen LogP contribution in [0.2, 0.25) is 18.1 Å². The van der Waals surface area contributed by atoms with Gasteiger partial charge in [-0.25, -0.2) is 0 Å². The second-order valence-electron chi connectivity index (χ2n) is 11.9. The van der Waals surface area contributed by atoms with E-state index >= 15 is 0 Å². The highest BCUT2D eigenvalue weighted by atomic mass is 28.4. The van der Waals surface area contributed by atoms with Crippen molar-refractivity contribution in [1.82, 2.24) is 0 Å². The van der Waals surface area contributed by atoms with Crippen LogP contribution in [0.4, 0.5) is 0 Å². The largest absolute Gasteiger partial charge is 0.497 e. The zero-order valence-electron chi connectivity index (χ0n) is 23.0. The summed E-state index contributed by atoms with van der Waals surface area (Å²) < 4.78 is 24.0. The van der Waals surface area contributed by atoms with E-state index in [1.54, 1.807) is 21.0 Å². The van der Waals surface area contributed by atoms with E-state index in [9.17, 15) is 14.7 Å². The first kappa shape index (κ1) is 29.5. The molecule has 198 valence electrons. The van der Waals surface area contributed by atoms with Gasteiger partial charge < -0.3 is 23.7 Å². The molecule has 0 amide bonds. The number of Topliss-reactive ketones (excluding diaryl/α,β-unsaturated/α-hetero) is 1. The van der Waals surface area contributed by atoms with E-state index < -0.39 is 38.0 Å². The first-order valence-corrected chi connectivity index (χ1v) is 15.3. The highest BCUT2D eigenvalue weighted by molar-refractivity contribution is 6.74. The van der Waals surface area contributed by atoms with Gasteiger partial charge in [-0.05, 0) is 30.3 Å². The molecule has 0 spiro atoms. The van der Waals surface area contributed by atoms with Crippen molar-refractivity contribution in [3.63, 3.8) is 0 Å². The Bertz CT molecular complexity index is 873. The van der Waals surface area contributed by atoms with Gasteiger partial charge in [0, 0.05) is 22.8 Å². The number of carboxylic acids is 1. The van der Waals surface area contributed by atoms with Gasteiger partial charge in [0.05, 0.1) is 32.3 Å². The van der Waals surface area contributed by atoms with Gasteiger partial charge in [-0.3, -0.25) is 9.59 Å². The van der Waals surface area contributed by atoms with Crippen LogP contribution in [0.1, 0.15) is 66.7 Å². The monoisotopic (exact) mass is 508 g/mol. The minimum absolute atomic E-state index is 0.00141.